The van der Waals surface area contributed by atoms with Crippen molar-refractivity contribution in [2.45, 2.75) is 54.7 Å². The number of nitrogens with one attached hydrogen (secondary N) is 2. The number of imidazole rings is 1. The minimum Gasteiger partial charge on any atom is -0.385 e. The largest absolute Gasteiger partial charge is 0.385 e. The summed E-state index contributed by atoms with van der Waals surface area (Å²) in [5.74, 6) is 1.14. The van der Waals surface area contributed by atoms with E-state index < -0.39 is 93.2 Å². The molecule has 0 radical (unpaired) electrons. The standard InChI is InChI=1S/C22H23FN10O10P2S2/c1-2-22-4-39-45(37,47)42-13-9(23)8(40-20(13)33-7-29-11-17(33)30-21(25)31-18(11)35)3-38-44(36,46)43-14(22)12(34)19(41-22)32-6-28-10-15(24)26-5-27-16(10)32/h1,5-9,11-14,19-20,34H,3-4H2,(H,36,46)(H,37,47)(H2,24,26,27)(H2,25,31,35)/t8-,9-,11?,12-,13-,14+,19-,20-,22-,44?,45?/m1/s1. The number of halogens is 1. The number of carbonyl (C=O) groups is 1. The molecule has 0 spiro atoms. The number of aliphatic imine (C=N–C) groups is 2. The van der Waals surface area contributed by atoms with Crippen LogP contribution in [0.5, 0.6) is 0 Å². The van der Waals surface area contributed by atoms with Crippen molar-refractivity contribution in [2.24, 2.45) is 9.98 Å². The predicted octanol–water partition coefficient (Wildman–Crippen LogP) is -1.84. The summed E-state index contributed by atoms with van der Waals surface area (Å²) in [7, 11) is 0. The molecule has 2 aromatic heterocycles. The molecule has 2 bridgehead atoms. The Hall–Kier alpha value is -2.94. The summed E-state index contributed by atoms with van der Waals surface area (Å²) in [5, 5.41) is 21.5. The second-order valence-corrected chi connectivity index (χ2v) is 16.2. The first-order valence-electron chi connectivity index (χ1n) is 13.4. The van der Waals surface area contributed by atoms with Crippen molar-refractivity contribution in [3.05, 3.63) is 12.7 Å². The minimum atomic E-state index is -4.47. The number of amidine groups is 1. The first-order chi connectivity index (χ1) is 22.2. The Morgan fingerprint density at radius 2 is 1.98 bits per heavy atom. The van der Waals surface area contributed by atoms with Gasteiger partial charge in [-0.25, -0.2) is 19.3 Å². The zero-order valence-corrected chi connectivity index (χ0v) is 26.8. The fourth-order valence-electron chi connectivity index (χ4n) is 5.58. The molecule has 11 atom stereocenters. The van der Waals surface area contributed by atoms with E-state index in [-0.39, 0.29) is 22.8 Å². The van der Waals surface area contributed by atoms with Gasteiger partial charge in [-0.05, 0) is 23.6 Å². The fourth-order valence-corrected chi connectivity index (χ4v) is 8.42. The molecule has 1 amide bonds. The number of aliphatic hydroxyl groups is 1. The summed E-state index contributed by atoms with van der Waals surface area (Å²) in [6.07, 6.45) is -2.18. The molecule has 0 aliphatic carbocycles. The Balaban J connectivity index is 1.22. The van der Waals surface area contributed by atoms with E-state index in [9.17, 15) is 19.7 Å². The Bertz CT molecular complexity index is 1880. The summed E-state index contributed by atoms with van der Waals surface area (Å²) in [5.41, 5.74) is 4.10. The second kappa shape index (κ2) is 11.6. The highest BCUT2D eigenvalue weighted by molar-refractivity contribution is 8.07. The van der Waals surface area contributed by atoms with Gasteiger partial charge >= 0.3 is 13.4 Å². The van der Waals surface area contributed by atoms with Crippen LogP contribution in [-0.2, 0) is 56.0 Å². The molecule has 5 aliphatic rings. The molecule has 0 saturated carbocycles. The lowest BCUT2D eigenvalue weighted by Crippen LogP contribution is -2.53. The number of rotatable bonds is 2. The van der Waals surface area contributed by atoms with Gasteiger partial charge in [0.1, 0.15) is 36.3 Å². The number of carbonyl (C=O) groups excluding carboxylic acids is 1. The second-order valence-electron chi connectivity index (χ2n) is 10.6. The van der Waals surface area contributed by atoms with E-state index in [2.05, 4.69) is 36.2 Å². The average molecular weight is 733 g/mol. The van der Waals surface area contributed by atoms with Gasteiger partial charge in [-0.2, -0.15) is 4.99 Å². The van der Waals surface area contributed by atoms with Crippen LogP contribution in [0.3, 0.4) is 0 Å². The average Bonchev–Trinajstić information content (AvgIpc) is 3.76. The third kappa shape index (κ3) is 5.58. The van der Waals surface area contributed by atoms with Crippen LogP contribution in [-0.4, -0.2) is 125 Å². The predicted molar refractivity (Wildman–Crippen MR) is 163 cm³/mol. The van der Waals surface area contributed by atoms with Crippen molar-refractivity contribution < 1.29 is 51.6 Å². The van der Waals surface area contributed by atoms with Crippen LogP contribution in [0.25, 0.3) is 11.2 Å². The van der Waals surface area contributed by atoms with Gasteiger partial charge in [0, 0.05) is 0 Å². The Kier molecular flexibility index (Phi) is 8.04. The molecular formula is C22H23FN10O10P2S2. The summed E-state index contributed by atoms with van der Waals surface area (Å²) >= 11 is 10.4. The first kappa shape index (κ1) is 32.6. The zero-order valence-electron chi connectivity index (χ0n) is 23.3. The molecule has 20 nitrogen and oxygen atoms in total. The van der Waals surface area contributed by atoms with Crippen molar-refractivity contribution in [2.75, 3.05) is 18.9 Å². The van der Waals surface area contributed by atoms with E-state index >= 15 is 4.39 Å². The minimum absolute atomic E-state index is 0.0431. The summed E-state index contributed by atoms with van der Waals surface area (Å²) in [6.45, 7) is -10.4. The lowest BCUT2D eigenvalue weighted by atomic mass is 9.97. The topological polar surface area (TPSA) is 267 Å². The van der Waals surface area contributed by atoms with Crippen molar-refractivity contribution in [3.63, 3.8) is 0 Å². The molecule has 5 aliphatic heterocycles. The number of anilines is 1. The number of terminal acetylenes is 1. The van der Waals surface area contributed by atoms with Crippen molar-refractivity contribution in [1.82, 2.24) is 29.7 Å². The molecule has 3 saturated heterocycles. The maximum absolute atomic E-state index is 16.0. The van der Waals surface area contributed by atoms with Crippen LogP contribution in [0.2, 0.25) is 0 Å². The normalized spacial score (nSPS) is 42.1. The maximum Gasteiger partial charge on any atom is 0.325 e. The molecule has 0 aromatic carbocycles. The number of nitrogens with two attached hydrogens (primary N) is 1. The van der Waals surface area contributed by atoms with Gasteiger partial charge in [-0.1, -0.05) is 5.92 Å². The number of guanidine groups is 1. The Morgan fingerprint density at radius 3 is 2.74 bits per heavy atom. The number of ether oxygens (including phenoxy) is 2. The fraction of sp³-hybridized carbons (Fsp3) is 0.500. The van der Waals surface area contributed by atoms with Crippen LogP contribution in [0.15, 0.2) is 22.6 Å². The van der Waals surface area contributed by atoms with Gasteiger partial charge in [-0.15, -0.1) is 6.42 Å². The molecule has 2 aromatic rings. The Labute approximate surface area is 273 Å². The lowest BCUT2D eigenvalue weighted by Gasteiger charge is -2.34. The van der Waals surface area contributed by atoms with E-state index in [0.717, 1.165) is 17.6 Å². The third-order valence-electron chi connectivity index (χ3n) is 7.75. The van der Waals surface area contributed by atoms with Gasteiger partial charge < -0.3 is 39.1 Å². The van der Waals surface area contributed by atoms with Gasteiger partial charge in [0.05, 0.1) is 25.9 Å². The SMILES string of the molecule is C#C[C@@]12COP(O)(=S)O[C@@H]3[C@H](F)[C@@H](COP(O)(=S)O[C@H]1[C@@H](O)[C@H](n1cnc4c(N)ncnc41)O2)O[C@H]3N1C=NC2C(=O)NC(=N)N=C21. The maximum atomic E-state index is 16.0. The molecule has 7 heterocycles. The third-order valence-corrected chi connectivity index (χ3v) is 10.8. The van der Waals surface area contributed by atoms with Crippen LogP contribution < -0.4 is 11.1 Å². The van der Waals surface area contributed by atoms with E-state index in [0.29, 0.717) is 0 Å². The summed E-state index contributed by atoms with van der Waals surface area (Å²) in [4.78, 5) is 56.0. The zero-order chi connectivity index (χ0) is 33.5. The molecule has 250 valence electrons. The monoisotopic (exact) mass is 732 g/mol. The highest BCUT2D eigenvalue weighted by atomic mass is 32.5. The van der Waals surface area contributed by atoms with Gasteiger partial charge in [-0.3, -0.25) is 39.0 Å². The van der Waals surface area contributed by atoms with Crippen LogP contribution in [0.1, 0.15) is 6.23 Å². The molecule has 25 heteroatoms. The van der Waals surface area contributed by atoms with Crippen molar-refractivity contribution in [3.8, 4) is 12.3 Å². The summed E-state index contributed by atoms with van der Waals surface area (Å²) < 4.78 is 51.6. The van der Waals surface area contributed by atoms with E-state index in [1.165, 1.54) is 10.9 Å². The van der Waals surface area contributed by atoms with Crippen LogP contribution in [0.4, 0.5) is 10.2 Å². The van der Waals surface area contributed by atoms with E-state index in [1.807, 2.05) is 0 Å². The highest BCUT2D eigenvalue weighted by Crippen LogP contribution is 2.55. The van der Waals surface area contributed by atoms with Gasteiger partial charge in [0.25, 0.3) is 5.91 Å². The van der Waals surface area contributed by atoms with Crippen molar-refractivity contribution in [1.29, 1.82) is 5.41 Å². The number of nitrogens with zero attached hydrogens (tertiary/aromatic N) is 7. The molecule has 7 rings (SSSR count). The number of amides is 1. The number of alkyl halides is 1. The Morgan fingerprint density at radius 1 is 1.21 bits per heavy atom. The number of hydrogen-bond donors (Lipinski definition) is 6. The molecule has 3 fully saturated rings. The van der Waals surface area contributed by atoms with Gasteiger partial charge in [0.2, 0.25) is 5.96 Å². The molecule has 7 N–H and O–H groups in total. The van der Waals surface area contributed by atoms with Crippen LogP contribution >= 0.6 is 13.4 Å². The van der Waals surface area contributed by atoms with Crippen molar-refractivity contribution >= 4 is 78.1 Å². The van der Waals surface area contributed by atoms with E-state index in [1.54, 1.807) is 0 Å². The van der Waals surface area contributed by atoms with E-state index in [4.69, 9.17) is 68.7 Å². The number of hydrogen-bond acceptors (Lipinski definition) is 17. The number of aliphatic hydroxyl groups excluding tert-OH is 1. The molecule has 47 heavy (non-hydrogen) atoms. The lowest BCUT2D eigenvalue weighted by molar-refractivity contribution is -0.119. The molecular weight excluding hydrogens is 709 g/mol. The number of nitrogen functional groups attached to an aromatic ring is 1. The summed E-state index contributed by atoms with van der Waals surface area (Å²) in [6, 6.07) is -1.17. The highest BCUT2D eigenvalue weighted by Gasteiger charge is 2.60. The quantitative estimate of drug-likeness (QED) is 0.146. The van der Waals surface area contributed by atoms with Crippen LogP contribution in [0, 0.1) is 17.8 Å². The number of aromatic nitrogens is 4. The number of fused-ring (bicyclic) bond motifs is 5. The molecule has 3 unspecified atom stereocenters. The smallest absolute Gasteiger partial charge is 0.325 e. The first-order valence-corrected chi connectivity index (χ1v) is 18.6. The van der Waals surface area contributed by atoms with Gasteiger partial charge in [0.15, 0.2) is 47.6 Å².